The molecule has 1 atom stereocenters. The summed E-state index contributed by atoms with van der Waals surface area (Å²) in [6.45, 7) is 7.16. The molecule has 22 heavy (non-hydrogen) atoms. The molecule has 0 aliphatic carbocycles. The van der Waals surface area contributed by atoms with Crippen LogP contribution in [-0.4, -0.2) is 42.2 Å². The Kier molecular flexibility index (Phi) is 5.95. The minimum atomic E-state index is -0.674. The van der Waals surface area contributed by atoms with Crippen LogP contribution in [0.1, 0.15) is 44.8 Å². The Morgan fingerprint density at radius 3 is 2.68 bits per heavy atom. The first-order chi connectivity index (χ1) is 10.4. The second-order valence-corrected chi connectivity index (χ2v) is 7.29. The molecule has 0 aromatic heterocycles. The topological polar surface area (TPSA) is 35.5 Å². The van der Waals surface area contributed by atoms with Crippen LogP contribution < -0.4 is 5.32 Å². The second kappa shape index (κ2) is 7.53. The van der Waals surface area contributed by atoms with Crippen molar-refractivity contribution >= 4 is 0 Å². The zero-order valence-electron chi connectivity index (χ0n) is 14.0. The van der Waals surface area contributed by atoms with Gasteiger partial charge in [0.05, 0.1) is 6.10 Å². The first-order valence-corrected chi connectivity index (χ1v) is 8.23. The van der Waals surface area contributed by atoms with Gasteiger partial charge >= 0.3 is 0 Å². The molecule has 1 saturated heterocycles. The summed E-state index contributed by atoms with van der Waals surface area (Å²) in [6.07, 6.45) is 2.92. The molecular weight excluding hydrogens is 279 g/mol. The number of aliphatic hydroxyl groups excluding tert-OH is 1. The third-order valence-corrected chi connectivity index (χ3v) is 4.64. The molecule has 124 valence electrons. The number of hydrogen-bond acceptors (Lipinski definition) is 3. The normalized spacial score (nSPS) is 19.3. The largest absolute Gasteiger partial charge is 0.387 e. The molecule has 1 fully saturated rings. The lowest BCUT2D eigenvalue weighted by Crippen LogP contribution is -2.44. The highest BCUT2D eigenvalue weighted by Crippen LogP contribution is 2.26. The van der Waals surface area contributed by atoms with Crippen molar-refractivity contribution in [3.05, 3.63) is 35.6 Å². The van der Waals surface area contributed by atoms with Gasteiger partial charge in [-0.2, -0.15) is 0 Å². The number of nitrogens with one attached hydrogen (secondary N) is 1. The Hall–Kier alpha value is -0.970. The maximum atomic E-state index is 13.2. The molecule has 1 aliphatic rings. The van der Waals surface area contributed by atoms with Crippen molar-refractivity contribution in [3.8, 4) is 0 Å². The number of likely N-dealkylation sites (tertiary alicyclic amines) is 1. The lowest BCUT2D eigenvalue weighted by atomic mass is 9.84. The first kappa shape index (κ1) is 17.4. The maximum Gasteiger partial charge on any atom is 0.123 e. The monoisotopic (exact) mass is 308 g/mol. The van der Waals surface area contributed by atoms with E-state index in [0.29, 0.717) is 12.1 Å². The van der Waals surface area contributed by atoms with Gasteiger partial charge in [0.2, 0.25) is 0 Å². The van der Waals surface area contributed by atoms with Gasteiger partial charge in [0.25, 0.3) is 0 Å². The number of hydrogen-bond donors (Lipinski definition) is 2. The third-order valence-electron chi connectivity index (χ3n) is 4.64. The smallest absolute Gasteiger partial charge is 0.123 e. The molecule has 1 heterocycles. The van der Waals surface area contributed by atoms with Gasteiger partial charge in [-0.15, -0.1) is 0 Å². The van der Waals surface area contributed by atoms with Crippen LogP contribution in [0.25, 0.3) is 0 Å². The quantitative estimate of drug-likeness (QED) is 0.848. The Morgan fingerprint density at radius 2 is 2.05 bits per heavy atom. The van der Waals surface area contributed by atoms with Gasteiger partial charge in [-0.3, -0.25) is 0 Å². The van der Waals surface area contributed by atoms with Crippen LogP contribution in [-0.2, 0) is 0 Å². The summed E-state index contributed by atoms with van der Waals surface area (Å²) in [5.41, 5.74) is 0.608. The fraction of sp³-hybridized carbons (Fsp3) is 0.667. The van der Waals surface area contributed by atoms with E-state index in [1.54, 1.807) is 12.1 Å². The number of aliphatic hydroxyl groups is 1. The summed E-state index contributed by atoms with van der Waals surface area (Å²) in [5.74, 6) is 0.437. The van der Waals surface area contributed by atoms with Crippen molar-refractivity contribution in [2.75, 3.05) is 26.7 Å². The molecule has 1 aromatic rings. The van der Waals surface area contributed by atoms with Crippen molar-refractivity contribution in [2.24, 2.45) is 5.92 Å². The van der Waals surface area contributed by atoms with Gasteiger partial charge in [0.15, 0.2) is 0 Å². The molecule has 2 rings (SSSR count). The van der Waals surface area contributed by atoms with Crippen LogP contribution in [0.2, 0.25) is 0 Å². The summed E-state index contributed by atoms with van der Waals surface area (Å²) in [5, 5.41) is 13.7. The molecule has 0 bridgehead atoms. The second-order valence-electron chi connectivity index (χ2n) is 7.29. The molecular formula is C18H29FN2O. The highest BCUT2D eigenvalue weighted by atomic mass is 19.1. The molecule has 4 heteroatoms. The predicted molar refractivity (Wildman–Crippen MR) is 88.3 cm³/mol. The zero-order valence-corrected chi connectivity index (χ0v) is 14.0. The van der Waals surface area contributed by atoms with Gasteiger partial charge < -0.3 is 15.3 Å². The average Bonchev–Trinajstić information content (AvgIpc) is 2.47. The summed E-state index contributed by atoms with van der Waals surface area (Å²) in [6, 6.07) is 6.20. The Balaban J connectivity index is 1.81. The molecule has 0 spiro atoms. The van der Waals surface area contributed by atoms with E-state index < -0.39 is 6.10 Å². The fourth-order valence-electron chi connectivity index (χ4n) is 3.26. The van der Waals surface area contributed by atoms with Gasteiger partial charge in [-0.05, 0) is 76.9 Å². The van der Waals surface area contributed by atoms with E-state index >= 15 is 0 Å². The molecule has 0 radical (unpaired) electrons. The summed E-state index contributed by atoms with van der Waals surface area (Å²) in [4.78, 5) is 2.38. The van der Waals surface area contributed by atoms with Gasteiger partial charge in [0.1, 0.15) is 5.82 Å². The predicted octanol–water partition coefficient (Wildman–Crippen LogP) is 2.96. The lowest BCUT2D eigenvalue weighted by molar-refractivity contribution is 0.142. The van der Waals surface area contributed by atoms with Crippen LogP contribution in [0, 0.1) is 11.7 Å². The maximum absolute atomic E-state index is 13.2. The van der Waals surface area contributed by atoms with Crippen LogP contribution >= 0.6 is 0 Å². The van der Waals surface area contributed by atoms with Crippen LogP contribution in [0.15, 0.2) is 24.3 Å². The highest BCUT2D eigenvalue weighted by molar-refractivity contribution is 5.19. The van der Waals surface area contributed by atoms with E-state index in [4.69, 9.17) is 0 Å². The molecule has 2 N–H and O–H groups in total. The Morgan fingerprint density at radius 1 is 1.36 bits per heavy atom. The van der Waals surface area contributed by atoms with E-state index in [1.807, 2.05) is 0 Å². The van der Waals surface area contributed by atoms with Crippen LogP contribution in [0.3, 0.4) is 0 Å². The lowest BCUT2D eigenvalue weighted by Gasteiger charge is -2.36. The van der Waals surface area contributed by atoms with Gasteiger partial charge in [-0.1, -0.05) is 12.1 Å². The zero-order chi connectivity index (χ0) is 16.2. The van der Waals surface area contributed by atoms with Crippen molar-refractivity contribution < 1.29 is 9.50 Å². The number of benzene rings is 1. The summed E-state index contributed by atoms with van der Waals surface area (Å²) in [7, 11) is 2.18. The van der Waals surface area contributed by atoms with Crippen LogP contribution in [0.5, 0.6) is 0 Å². The van der Waals surface area contributed by atoms with Crippen molar-refractivity contribution in [1.29, 1.82) is 0 Å². The van der Waals surface area contributed by atoms with Crippen molar-refractivity contribution in [3.63, 3.8) is 0 Å². The van der Waals surface area contributed by atoms with E-state index in [0.717, 1.165) is 12.3 Å². The SMILES string of the molecule is CN1CCC(CC(C)(C)NC[C@H](O)c2cccc(F)c2)CC1. The summed E-state index contributed by atoms with van der Waals surface area (Å²) < 4.78 is 13.2. The Labute approximate surface area is 133 Å². The number of rotatable bonds is 6. The third kappa shape index (κ3) is 5.34. The molecule has 0 saturated carbocycles. The molecule has 0 unspecified atom stereocenters. The van der Waals surface area contributed by atoms with Gasteiger partial charge in [0, 0.05) is 12.1 Å². The minimum Gasteiger partial charge on any atom is -0.387 e. The fourth-order valence-corrected chi connectivity index (χ4v) is 3.26. The standard InChI is InChI=1S/C18H29FN2O/c1-18(2,12-14-7-9-21(3)10-8-14)20-13-17(22)15-5-4-6-16(19)11-15/h4-6,11,14,17,20,22H,7-10,12-13H2,1-3H3/t17-/m0/s1. The van der Waals surface area contributed by atoms with E-state index in [2.05, 4.69) is 31.1 Å². The molecule has 3 nitrogen and oxygen atoms in total. The van der Waals surface area contributed by atoms with Gasteiger partial charge in [-0.25, -0.2) is 4.39 Å². The molecule has 1 aromatic carbocycles. The summed E-state index contributed by atoms with van der Waals surface area (Å²) >= 11 is 0. The number of β-amino-alcohol motifs (C(OH)–C–C–N with tert-alkyl or cyclic N) is 1. The molecule has 0 amide bonds. The Bertz CT molecular complexity index is 470. The highest BCUT2D eigenvalue weighted by Gasteiger charge is 2.26. The van der Waals surface area contributed by atoms with Crippen molar-refractivity contribution in [1.82, 2.24) is 10.2 Å². The van der Waals surface area contributed by atoms with Crippen molar-refractivity contribution in [2.45, 2.75) is 44.8 Å². The minimum absolute atomic E-state index is 0.0190. The average molecular weight is 308 g/mol. The van der Waals surface area contributed by atoms with Crippen LogP contribution in [0.4, 0.5) is 4.39 Å². The van der Waals surface area contributed by atoms with E-state index in [1.165, 1.54) is 38.1 Å². The van der Waals surface area contributed by atoms with E-state index in [-0.39, 0.29) is 11.4 Å². The number of nitrogens with zero attached hydrogens (tertiary/aromatic N) is 1. The first-order valence-electron chi connectivity index (χ1n) is 8.23. The van der Waals surface area contributed by atoms with E-state index in [9.17, 15) is 9.50 Å². The molecule has 1 aliphatic heterocycles. The number of piperidine rings is 1. The number of halogens is 1.